The molecule has 0 spiro atoms. The largest absolute Gasteiger partial charge is 0.497 e. The quantitative estimate of drug-likeness (QED) is 0.857. The third-order valence-electron chi connectivity index (χ3n) is 2.20. The number of sulfonamides is 1. The molecule has 0 saturated carbocycles. The maximum Gasteiger partial charge on any atom is 0.428 e. The molecule has 7 heteroatoms. The first kappa shape index (κ1) is 16.3. The predicted molar refractivity (Wildman–Crippen MR) is 76.6 cm³/mol. The van der Waals surface area contributed by atoms with Crippen molar-refractivity contribution >= 4 is 21.8 Å². The van der Waals surface area contributed by atoms with Gasteiger partial charge in [0.2, 0.25) is 10.0 Å². The van der Waals surface area contributed by atoms with E-state index in [4.69, 9.17) is 9.47 Å². The van der Waals surface area contributed by atoms with E-state index in [1.807, 2.05) is 0 Å². The molecule has 0 aromatic heterocycles. The van der Waals surface area contributed by atoms with Gasteiger partial charge in [-0.2, -0.15) is 4.31 Å². The number of methoxy groups -OCH3 is 1. The molecule has 0 fully saturated rings. The molecule has 0 aliphatic heterocycles. The van der Waals surface area contributed by atoms with Crippen LogP contribution in [0.4, 0.5) is 10.5 Å². The maximum absolute atomic E-state index is 12.1. The van der Waals surface area contributed by atoms with Crippen LogP contribution in [0.2, 0.25) is 0 Å². The van der Waals surface area contributed by atoms with E-state index in [0.717, 1.165) is 6.26 Å². The molecule has 0 saturated heterocycles. The first-order valence-electron chi connectivity index (χ1n) is 5.92. The second-order valence-electron chi connectivity index (χ2n) is 5.21. The summed E-state index contributed by atoms with van der Waals surface area (Å²) in [5, 5.41) is 0. The smallest absolute Gasteiger partial charge is 0.428 e. The van der Waals surface area contributed by atoms with Crippen molar-refractivity contribution in [1.29, 1.82) is 0 Å². The SMILES string of the molecule is COc1ccc(N(C(=O)OC(C)(C)C)S(C)(=O)=O)cc1. The van der Waals surface area contributed by atoms with Gasteiger partial charge in [0.1, 0.15) is 11.4 Å². The molecule has 0 unspecified atom stereocenters. The molecule has 0 bridgehead atoms. The van der Waals surface area contributed by atoms with Crippen molar-refractivity contribution in [3.05, 3.63) is 24.3 Å². The van der Waals surface area contributed by atoms with E-state index in [0.29, 0.717) is 10.1 Å². The fraction of sp³-hybridized carbons (Fsp3) is 0.462. The van der Waals surface area contributed by atoms with Crippen LogP contribution in [0.5, 0.6) is 5.75 Å². The second kappa shape index (κ2) is 5.70. The van der Waals surface area contributed by atoms with Crippen LogP contribution in [0, 0.1) is 0 Å². The van der Waals surface area contributed by atoms with Gasteiger partial charge in [0.15, 0.2) is 0 Å². The van der Waals surface area contributed by atoms with Crippen molar-refractivity contribution in [3.8, 4) is 5.75 Å². The molecule has 0 N–H and O–H groups in total. The average Bonchev–Trinajstić information content (AvgIpc) is 2.25. The lowest BCUT2D eigenvalue weighted by Gasteiger charge is -2.25. The number of benzene rings is 1. The molecule has 1 rings (SSSR count). The lowest BCUT2D eigenvalue weighted by atomic mass is 10.2. The van der Waals surface area contributed by atoms with E-state index in [9.17, 15) is 13.2 Å². The summed E-state index contributed by atoms with van der Waals surface area (Å²) in [7, 11) is -2.29. The van der Waals surface area contributed by atoms with Gasteiger partial charge < -0.3 is 9.47 Å². The van der Waals surface area contributed by atoms with E-state index >= 15 is 0 Å². The summed E-state index contributed by atoms with van der Waals surface area (Å²) in [6.45, 7) is 5.00. The normalized spacial score (nSPS) is 11.8. The van der Waals surface area contributed by atoms with Crippen LogP contribution >= 0.6 is 0 Å². The Morgan fingerprint density at radius 1 is 1.15 bits per heavy atom. The summed E-state index contributed by atoms with van der Waals surface area (Å²) in [6, 6.07) is 6.09. The Balaban J connectivity index is 3.16. The third-order valence-corrected chi connectivity index (χ3v) is 3.22. The van der Waals surface area contributed by atoms with Gasteiger partial charge in [-0.25, -0.2) is 13.2 Å². The van der Waals surface area contributed by atoms with Crippen LogP contribution in [0.3, 0.4) is 0 Å². The Morgan fingerprint density at radius 3 is 2.00 bits per heavy atom. The zero-order valence-corrected chi connectivity index (χ0v) is 13.0. The summed E-state index contributed by atoms with van der Waals surface area (Å²) >= 11 is 0. The van der Waals surface area contributed by atoms with Gasteiger partial charge in [-0.1, -0.05) is 0 Å². The highest BCUT2D eigenvalue weighted by Crippen LogP contribution is 2.23. The summed E-state index contributed by atoms with van der Waals surface area (Å²) in [5.41, 5.74) is -0.588. The number of rotatable bonds is 3. The average molecular weight is 301 g/mol. The van der Waals surface area contributed by atoms with Gasteiger partial charge in [0, 0.05) is 0 Å². The molecule has 1 amide bonds. The van der Waals surface area contributed by atoms with Crippen LogP contribution in [-0.4, -0.2) is 33.5 Å². The molecular weight excluding hydrogens is 282 g/mol. The number of hydrogen-bond donors (Lipinski definition) is 0. The minimum atomic E-state index is -3.79. The highest BCUT2D eigenvalue weighted by atomic mass is 32.2. The molecule has 6 nitrogen and oxygen atoms in total. The fourth-order valence-electron chi connectivity index (χ4n) is 1.45. The van der Waals surface area contributed by atoms with Crippen molar-refractivity contribution in [3.63, 3.8) is 0 Å². The van der Waals surface area contributed by atoms with E-state index < -0.39 is 21.7 Å². The van der Waals surface area contributed by atoms with Crippen molar-refractivity contribution in [2.24, 2.45) is 0 Å². The van der Waals surface area contributed by atoms with Crippen LogP contribution < -0.4 is 9.04 Å². The lowest BCUT2D eigenvalue weighted by Crippen LogP contribution is -2.40. The van der Waals surface area contributed by atoms with Crippen LogP contribution in [0.15, 0.2) is 24.3 Å². The molecule has 0 radical (unpaired) electrons. The molecular formula is C13H19NO5S. The number of ether oxygens (including phenoxy) is 2. The molecule has 1 aromatic rings. The molecule has 20 heavy (non-hydrogen) atoms. The second-order valence-corrected chi connectivity index (χ2v) is 7.04. The monoisotopic (exact) mass is 301 g/mol. The minimum absolute atomic E-state index is 0.197. The summed E-state index contributed by atoms with van der Waals surface area (Å²) < 4.78 is 34.3. The predicted octanol–water partition coefficient (Wildman–Crippen LogP) is 2.40. The highest BCUT2D eigenvalue weighted by Gasteiger charge is 2.30. The van der Waals surface area contributed by atoms with E-state index in [2.05, 4.69) is 0 Å². The van der Waals surface area contributed by atoms with Gasteiger partial charge in [0.05, 0.1) is 19.1 Å². The highest BCUT2D eigenvalue weighted by molar-refractivity contribution is 7.92. The van der Waals surface area contributed by atoms with Crippen LogP contribution in [0.25, 0.3) is 0 Å². The van der Waals surface area contributed by atoms with E-state index in [1.54, 1.807) is 32.9 Å². The Labute approximate surface area is 119 Å². The standard InChI is InChI=1S/C13H19NO5S/c1-13(2,3)19-12(15)14(20(5,16)17)10-6-8-11(18-4)9-7-10/h6-9H,1-5H3. The lowest BCUT2D eigenvalue weighted by molar-refractivity contribution is 0.0609. The zero-order chi connectivity index (χ0) is 15.6. The first-order chi connectivity index (χ1) is 9.04. The number of carbonyl (C=O) groups is 1. The number of hydrogen-bond acceptors (Lipinski definition) is 5. The molecule has 112 valence electrons. The number of carbonyl (C=O) groups excluding carboxylic acids is 1. The fourth-order valence-corrected chi connectivity index (χ4v) is 2.27. The Hall–Kier alpha value is -1.76. The van der Waals surface area contributed by atoms with Gasteiger partial charge in [-0.05, 0) is 45.0 Å². The summed E-state index contributed by atoms with van der Waals surface area (Å²) in [6.07, 6.45) is 0.00593. The Kier molecular flexibility index (Phi) is 4.65. The van der Waals surface area contributed by atoms with Crippen molar-refractivity contribution in [2.45, 2.75) is 26.4 Å². The van der Waals surface area contributed by atoms with Gasteiger partial charge in [-0.3, -0.25) is 0 Å². The van der Waals surface area contributed by atoms with Crippen LogP contribution in [-0.2, 0) is 14.8 Å². The molecule has 0 aliphatic rings. The summed E-state index contributed by atoms with van der Waals surface area (Å²) in [4.78, 5) is 12.1. The van der Waals surface area contributed by atoms with Crippen molar-refractivity contribution in [2.75, 3.05) is 17.7 Å². The third kappa shape index (κ3) is 4.41. The maximum atomic E-state index is 12.1. The molecule has 0 atom stereocenters. The first-order valence-corrected chi connectivity index (χ1v) is 7.77. The zero-order valence-electron chi connectivity index (χ0n) is 12.2. The molecule has 0 heterocycles. The van der Waals surface area contributed by atoms with E-state index in [-0.39, 0.29) is 5.69 Å². The molecule has 1 aromatic carbocycles. The topological polar surface area (TPSA) is 72.9 Å². The van der Waals surface area contributed by atoms with Crippen molar-refractivity contribution in [1.82, 2.24) is 0 Å². The Bertz CT molecular complexity index is 572. The minimum Gasteiger partial charge on any atom is -0.497 e. The van der Waals surface area contributed by atoms with E-state index in [1.165, 1.54) is 19.2 Å². The summed E-state index contributed by atoms with van der Waals surface area (Å²) in [5.74, 6) is 0.561. The Morgan fingerprint density at radius 2 is 1.65 bits per heavy atom. The number of nitrogens with zero attached hydrogens (tertiary/aromatic N) is 1. The number of amides is 1. The van der Waals surface area contributed by atoms with Gasteiger partial charge in [0.25, 0.3) is 0 Å². The van der Waals surface area contributed by atoms with Crippen molar-refractivity contribution < 1.29 is 22.7 Å². The van der Waals surface area contributed by atoms with Crippen LogP contribution in [0.1, 0.15) is 20.8 Å². The number of anilines is 1. The van der Waals surface area contributed by atoms with Gasteiger partial charge in [-0.15, -0.1) is 0 Å². The van der Waals surface area contributed by atoms with Gasteiger partial charge >= 0.3 is 6.09 Å². The molecule has 0 aliphatic carbocycles.